The van der Waals surface area contributed by atoms with Crippen molar-refractivity contribution in [3.8, 4) is 0 Å². The minimum absolute atomic E-state index is 0.0527. The molecule has 1 amide bonds. The molecule has 40 heavy (non-hydrogen) atoms. The molecule has 0 spiro atoms. The second-order valence-electron chi connectivity index (χ2n) is 9.32. The van der Waals surface area contributed by atoms with Crippen molar-refractivity contribution >= 4 is 51.4 Å². The number of carbonyl (C=O) groups is 1. The summed E-state index contributed by atoms with van der Waals surface area (Å²) >= 11 is 11.6. The number of rotatable bonds is 14. The van der Waals surface area contributed by atoms with Gasteiger partial charge in [-0.2, -0.15) is 0 Å². The van der Waals surface area contributed by atoms with Crippen LogP contribution in [0, 0.1) is 0 Å². The number of allylic oxidation sites excluding steroid dienone is 2. The minimum Gasteiger partial charge on any atom is -0.448 e. The number of ether oxygens (including phenoxy) is 1. The van der Waals surface area contributed by atoms with E-state index in [9.17, 15) is 14.4 Å². The van der Waals surface area contributed by atoms with E-state index in [0.717, 1.165) is 34.9 Å². The number of aromatic nitrogens is 4. The van der Waals surface area contributed by atoms with Crippen molar-refractivity contribution in [3.05, 3.63) is 81.7 Å². The van der Waals surface area contributed by atoms with E-state index < -0.39 is 6.09 Å². The van der Waals surface area contributed by atoms with Gasteiger partial charge in [0, 0.05) is 44.5 Å². The topological polar surface area (TPSA) is 83.4 Å². The highest BCUT2D eigenvalue weighted by atomic mass is 35.5. The molecule has 0 atom stereocenters. The molecule has 0 bridgehead atoms. The van der Waals surface area contributed by atoms with E-state index in [1.165, 1.54) is 0 Å². The average Bonchev–Trinajstić information content (AvgIpc) is 3.39. The first kappa shape index (κ1) is 29.6. The number of para-hydroxylation sites is 4. The molecule has 0 saturated heterocycles. The van der Waals surface area contributed by atoms with Gasteiger partial charge in [0.2, 0.25) is 0 Å². The predicted octanol–water partition coefficient (Wildman–Crippen LogP) is 4.89. The highest BCUT2D eigenvalue weighted by Crippen LogP contribution is 2.15. The lowest BCUT2D eigenvalue weighted by molar-refractivity contribution is 0.0996. The average molecular weight is 589 g/mol. The van der Waals surface area contributed by atoms with Gasteiger partial charge in [0.05, 0.1) is 28.6 Å². The Balaban J connectivity index is 1.42. The lowest BCUT2D eigenvalue weighted by Crippen LogP contribution is -2.37. The van der Waals surface area contributed by atoms with Crippen molar-refractivity contribution in [3.63, 3.8) is 0 Å². The van der Waals surface area contributed by atoms with Crippen molar-refractivity contribution in [2.45, 2.75) is 45.9 Å². The number of hydrogen-bond acceptors (Lipinski definition) is 4. The van der Waals surface area contributed by atoms with Gasteiger partial charge < -0.3 is 9.64 Å². The van der Waals surface area contributed by atoms with Crippen molar-refractivity contribution in [1.29, 1.82) is 0 Å². The Kier molecular flexibility index (Phi) is 10.5. The molecular formula is C29H35Cl2N5O4. The number of amides is 1. The van der Waals surface area contributed by atoms with Crippen LogP contribution in [0.25, 0.3) is 22.1 Å². The Hall–Kier alpha value is -3.43. The zero-order valence-corrected chi connectivity index (χ0v) is 24.2. The van der Waals surface area contributed by atoms with E-state index in [1.54, 1.807) is 23.2 Å². The summed E-state index contributed by atoms with van der Waals surface area (Å²) < 4.78 is 12.3. The number of carbonyl (C=O) groups excluding carboxylic acids is 1. The van der Waals surface area contributed by atoms with Gasteiger partial charge in [0.25, 0.3) is 0 Å². The van der Waals surface area contributed by atoms with Crippen LogP contribution < -0.4 is 11.4 Å². The van der Waals surface area contributed by atoms with Gasteiger partial charge in [-0.15, -0.1) is 23.2 Å². The number of fused-ring (bicyclic) bond motifs is 2. The number of benzene rings is 2. The molecule has 0 aliphatic heterocycles. The van der Waals surface area contributed by atoms with E-state index in [1.807, 2.05) is 67.6 Å². The molecule has 2 heterocycles. The summed E-state index contributed by atoms with van der Waals surface area (Å²) in [4.78, 5) is 40.8. The maximum absolute atomic E-state index is 13.2. The number of likely N-dealkylation sites (N-methyl/N-ethyl adjacent to an activating group) is 1. The molecule has 0 aliphatic carbocycles. The molecule has 11 heteroatoms. The van der Waals surface area contributed by atoms with Crippen LogP contribution in [0.1, 0.15) is 19.8 Å². The molecule has 0 N–H and O–H groups in total. The third-order valence-corrected chi connectivity index (χ3v) is 7.38. The lowest BCUT2D eigenvalue weighted by atomic mass is 10.3. The Morgan fingerprint density at radius 3 is 1.93 bits per heavy atom. The van der Waals surface area contributed by atoms with Gasteiger partial charge in [0.15, 0.2) is 0 Å². The minimum atomic E-state index is -0.483. The van der Waals surface area contributed by atoms with Crippen LogP contribution in [0.5, 0.6) is 0 Å². The van der Waals surface area contributed by atoms with E-state index in [-0.39, 0.29) is 24.5 Å². The zero-order chi connectivity index (χ0) is 28.5. The number of unbranched alkanes of at least 4 members (excludes halogenated alkanes) is 1. The lowest BCUT2D eigenvalue weighted by Gasteiger charge is -2.20. The summed E-state index contributed by atoms with van der Waals surface area (Å²) in [5.41, 5.74) is 3.01. The largest absolute Gasteiger partial charge is 0.448 e. The van der Waals surface area contributed by atoms with E-state index in [4.69, 9.17) is 27.9 Å². The van der Waals surface area contributed by atoms with Crippen LogP contribution in [-0.2, 0) is 30.9 Å². The molecule has 4 rings (SSSR count). The SMILES string of the molecule is CCN(CCn1c(=O)n(C/C=C\CCl)c2ccccc21)C(=O)OCCn1c(=O)n(CCCCCl)c2ccccc21. The molecule has 9 nitrogen and oxygen atoms in total. The number of hydrogen-bond donors (Lipinski definition) is 0. The summed E-state index contributed by atoms with van der Waals surface area (Å²) in [6.07, 6.45) is 4.83. The molecule has 214 valence electrons. The Morgan fingerprint density at radius 2 is 1.35 bits per heavy atom. The van der Waals surface area contributed by atoms with Crippen molar-refractivity contribution in [1.82, 2.24) is 23.2 Å². The second-order valence-corrected chi connectivity index (χ2v) is 10.0. The van der Waals surface area contributed by atoms with Crippen molar-refractivity contribution < 1.29 is 9.53 Å². The van der Waals surface area contributed by atoms with Gasteiger partial charge in [-0.05, 0) is 44.0 Å². The van der Waals surface area contributed by atoms with Crippen LogP contribution in [0.4, 0.5) is 4.79 Å². The first-order valence-corrected chi connectivity index (χ1v) is 14.6. The molecule has 4 aromatic rings. The van der Waals surface area contributed by atoms with Crippen LogP contribution >= 0.6 is 23.2 Å². The molecule has 0 fully saturated rings. The fraction of sp³-hybridized carbons (Fsp3) is 0.414. The third kappa shape index (κ3) is 6.47. The van der Waals surface area contributed by atoms with E-state index >= 15 is 0 Å². The predicted molar refractivity (Wildman–Crippen MR) is 161 cm³/mol. The molecule has 0 saturated carbocycles. The maximum atomic E-state index is 13.2. The normalized spacial score (nSPS) is 11.7. The van der Waals surface area contributed by atoms with Crippen molar-refractivity contribution in [2.24, 2.45) is 0 Å². The third-order valence-electron chi connectivity index (χ3n) is 6.93. The quantitative estimate of drug-likeness (QED) is 0.119. The molecule has 2 aromatic heterocycles. The van der Waals surface area contributed by atoms with Crippen LogP contribution in [0.15, 0.2) is 70.3 Å². The van der Waals surface area contributed by atoms with E-state index in [0.29, 0.717) is 44.5 Å². The van der Waals surface area contributed by atoms with Crippen molar-refractivity contribution in [2.75, 3.05) is 31.5 Å². The monoisotopic (exact) mass is 587 g/mol. The molecular weight excluding hydrogens is 553 g/mol. The summed E-state index contributed by atoms with van der Waals surface area (Å²) in [5, 5.41) is 0. The number of imidazole rings is 2. The summed E-state index contributed by atoms with van der Waals surface area (Å²) in [6.45, 7) is 4.21. The fourth-order valence-corrected chi connectivity index (χ4v) is 5.21. The Labute approximate surface area is 242 Å². The number of halogens is 2. The zero-order valence-electron chi connectivity index (χ0n) is 22.7. The molecule has 0 unspecified atom stereocenters. The number of nitrogens with zero attached hydrogens (tertiary/aromatic N) is 5. The maximum Gasteiger partial charge on any atom is 0.409 e. The molecule has 2 aromatic carbocycles. The number of alkyl halides is 2. The second kappa shape index (κ2) is 14.3. The summed E-state index contributed by atoms with van der Waals surface area (Å²) in [5.74, 6) is 0.937. The smallest absolute Gasteiger partial charge is 0.409 e. The first-order chi connectivity index (χ1) is 19.5. The van der Waals surface area contributed by atoms with Gasteiger partial charge in [-0.25, -0.2) is 14.4 Å². The Morgan fingerprint density at radius 1 is 0.800 bits per heavy atom. The van der Waals surface area contributed by atoms with Crippen LogP contribution in [-0.4, -0.2) is 60.7 Å². The van der Waals surface area contributed by atoms with Crippen LogP contribution in [0.3, 0.4) is 0 Å². The first-order valence-electron chi connectivity index (χ1n) is 13.6. The van der Waals surface area contributed by atoms with Gasteiger partial charge in [0.1, 0.15) is 6.61 Å². The fourth-order valence-electron chi connectivity index (χ4n) is 4.89. The highest BCUT2D eigenvalue weighted by Gasteiger charge is 2.18. The summed E-state index contributed by atoms with van der Waals surface area (Å²) in [7, 11) is 0. The number of aryl methyl sites for hydroxylation is 1. The molecule has 0 radical (unpaired) electrons. The standard InChI is InChI=1S/C29H35Cl2N5O4/c1-2-32(19-20-35-25-13-5-3-11-23(25)33(27(35)37)17-9-7-15-30)29(39)40-22-21-36-26-14-6-4-12-24(26)34(28(36)38)18-10-8-16-31/h3-7,9,11-14H,2,8,10,15-22H2,1H3/b9-7-. The Bertz CT molecular complexity index is 1580. The van der Waals surface area contributed by atoms with Gasteiger partial charge in [-0.3, -0.25) is 18.3 Å². The molecule has 0 aliphatic rings. The highest BCUT2D eigenvalue weighted by molar-refractivity contribution is 6.18. The van der Waals surface area contributed by atoms with E-state index in [2.05, 4.69) is 0 Å². The van der Waals surface area contributed by atoms with Gasteiger partial charge >= 0.3 is 17.5 Å². The summed E-state index contributed by atoms with van der Waals surface area (Å²) in [6, 6.07) is 15.2. The van der Waals surface area contributed by atoms with Gasteiger partial charge in [-0.1, -0.05) is 36.4 Å². The van der Waals surface area contributed by atoms with Crippen LogP contribution in [0.2, 0.25) is 0 Å².